The van der Waals surface area contributed by atoms with Crippen LogP contribution in [0.3, 0.4) is 0 Å². The largest absolute Gasteiger partial charge is 0.356 e. The van der Waals surface area contributed by atoms with Gasteiger partial charge in [-0.25, -0.2) is 4.98 Å². The SMILES string of the molecule is CCC[C@H]1[C@H]2C[C@H](CN(c3cc(C)c4cc5c(cc4n3)CCC5)C2)[C@@H]2CCCC(=O)N21. The number of amides is 1. The van der Waals surface area contributed by atoms with Crippen molar-refractivity contribution < 1.29 is 4.79 Å². The molecule has 0 saturated carbocycles. The molecule has 4 nitrogen and oxygen atoms in total. The molecule has 0 unspecified atom stereocenters. The summed E-state index contributed by atoms with van der Waals surface area (Å²) in [5, 5.41) is 1.33. The zero-order valence-corrected chi connectivity index (χ0v) is 19.1. The third kappa shape index (κ3) is 3.16. The number of carbonyl (C=O) groups is 1. The average molecular weight is 418 g/mol. The summed E-state index contributed by atoms with van der Waals surface area (Å²) in [5.41, 5.74) is 5.56. The number of aryl methyl sites for hydroxylation is 3. The fourth-order valence-corrected chi connectivity index (χ4v) is 7.24. The van der Waals surface area contributed by atoms with Gasteiger partial charge in [0.2, 0.25) is 5.91 Å². The van der Waals surface area contributed by atoms with Crippen molar-refractivity contribution in [1.29, 1.82) is 0 Å². The molecular formula is C27H35N3O. The summed E-state index contributed by atoms with van der Waals surface area (Å²) in [7, 11) is 0. The Morgan fingerprint density at radius 1 is 1.03 bits per heavy atom. The standard InChI is InChI=1S/C27H35N3O/c1-3-6-24-20-12-21(25-9-5-10-27(31)30(24)25)16-29(15-20)26-11-17(2)22-13-18-7-4-8-19(18)14-23(22)28-26/h11,13-14,20-21,24-25H,3-10,12,15-16H2,1-2H3/t20-,21+,24-,25-/m0/s1. The second kappa shape index (κ2) is 7.50. The van der Waals surface area contributed by atoms with Gasteiger partial charge in [0, 0.05) is 37.0 Å². The summed E-state index contributed by atoms with van der Waals surface area (Å²) in [6.07, 6.45) is 10.3. The van der Waals surface area contributed by atoms with Gasteiger partial charge in [-0.1, -0.05) is 13.3 Å². The summed E-state index contributed by atoms with van der Waals surface area (Å²) >= 11 is 0. The number of rotatable bonds is 3. The van der Waals surface area contributed by atoms with Crippen molar-refractivity contribution in [3.63, 3.8) is 0 Å². The van der Waals surface area contributed by atoms with Gasteiger partial charge in [-0.3, -0.25) is 4.79 Å². The van der Waals surface area contributed by atoms with E-state index >= 15 is 0 Å². The lowest BCUT2D eigenvalue weighted by Gasteiger charge is -2.57. The van der Waals surface area contributed by atoms with Crippen LogP contribution < -0.4 is 4.90 Å². The van der Waals surface area contributed by atoms with Crippen LogP contribution in [-0.2, 0) is 17.6 Å². The molecule has 3 fully saturated rings. The van der Waals surface area contributed by atoms with E-state index in [2.05, 4.69) is 41.8 Å². The molecule has 2 bridgehead atoms. The monoisotopic (exact) mass is 417 g/mol. The third-order valence-electron chi connectivity index (χ3n) is 8.62. The van der Waals surface area contributed by atoms with Gasteiger partial charge in [0.15, 0.2) is 0 Å². The van der Waals surface area contributed by atoms with E-state index in [4.69, 9.17) is 4.98 Å². The topological polar surface area (TPSA) is 36.4 Å². The number of fused-ring (bicyclic) bond motifs is 6. The molecule has 4 aliphatic rings. The van der Waals surface area contributed by atoms with Crippen LogP contribution in [-0.4, -0.2) is 41.0 Å². The van der Waals surface area contributed by atoms with E-state index < -0.39 is 0 Å². The zero-order valence-electron chi connectivity index (χ0n) is 19.1. The lowest BCUT2D eigenvalue weighted by Crippen LogP contribution is -2.65. The number of benzene rings is 1. The molecule has 164 valence electrons. The number of pyridine rings is 1. The molecule has 1 amide bonds. The first-order valence-electron chi connectivity index (χ1n) is 12.6. The molecule has 1 aliphatic carbocycles. The lowest BCUT2D eigenvalue weighted by molar-refractivity contribution is -0.149. The second-order valence-corrected chi connectivity index (χ2v) is 10.6. The minimum atomic E-state index is 0.423. The minimum Gasteiger partial charge on any atom is -0.356 e. The van der Waals surface area contributed by atoms with E-state index in [1.54, 1.807) is 0 Å². The highest BCUT2D eigenvalue weighted by Gasteiger charge is 2.49. The highest BCUT2D eigenvalue weighted by Crippen LogP contribution is 2.44. The smallest absolute Gasteiger partial charge is 0.223 e. The number of hydrogen-bond acceptors (Lipinski definition) is 3. The summed E-state index contributed by atoms with van der Waals surface area (Å²) in [5.74, 6) is 2.75. The van der Waals surface area contributed by atoms with Gasteiger partial charge in [0.25, 0.3) is 0 Å². The molecule has 1 aromatic heterocycles. The molecule has 0 spiro atoms. The second-order valence-electron chi connectivity index (χ2n) is 10.6. The van der Waals surface area contributed by atoms with E-state index in [1.165, 1.54) is 59.7 Å². The van der Waals surface area contributed by atoms with Crippen molar-refractivity contribution >= 4 is 22.6 Å². The Morgan fingerprint density at radius 3 is 2.68 bits per heavy atom. The molecule has 3 saturated heterocycles. The van der Waals surface area contributed by atoms with Crippen molar-refractivity contribution in [3.05, 3.63) is 34.9 Å². The number of nitrogens with zero attached hydrogens (tertiary/aromatic N) is 3. The fraction of sp³-hybridized carbons (Fsp3) is 0.630. The normalized spacial score (nSPS) is 29.9. The van der Waals surface area contributed by atoms with Crippen LogP contribution in [0, 0.1) is 18.8 Å². The Kier molecular flexibility index (Phi) is 4.73. The molecule has 0 N–H and O–H groups in total. The maximum absolute atomic E-state index is 12.9. The van der Waals surface area contributed by atoms with E-state index in [1.807, 2.05) is 0 Å². The number of hydrogen-bond donors (Lipinski definition) is 0. The van der Waals surface area contributed by atoms with Crippen molar-refractivity contribution in [2.24, 2.45) is 11.8 Å². The van der Waals surface area contributed by atoms with Gasteiger partial charge >= 0.3 is 0 Å². The average Bonchev–Trinajstić information content (AvgIpc) is 3.23. The van der Waals surface area contributed by atoms with Gasteiger partial charge in [-0.2, -0.15) is 0 Å². The van der Waals surface area contributed by atoms with E-state index in [-0.39, 0.29) is 0 Å². The highest BCUT2D eigenvalue weighted by atomic mass is 16.2. The molecule has 4 atom stereocenters. The van der Waals surface area contributed by atoms with E-state index in [0.29, 0.717) is 29.8 Å². The Bertz CT molecular complexity index is 1030. The van der Waals surface area contributed by atoms with Crippen molar-refractivity contribution in [2.45, 2.75) is 83.7 Å². The molecule has 1 aromatic carbocycles. The van der Waals surface area contributed by atoms with Gasteiger partial charge in [0.05, 0.1) is 5.52 Å². The first-order valence-corrected chi connectivity index (χ1v) is 12.6. The summed E-state index contributed by atoms with van der Waals surface area (Å²) in [6, 6.07) is 7.95. The van der Waals surface area contributed by atoms with E-state index in [9.17, 15) is 4.79 Å². The van der Waals surface area contributed by atoms with Crippen LogP contribution >= 0.6 is 0 Å². The molecule has 6 rings (SSSR count). The predicted molar refractivity (Wildman–Crippen MR) is 125 cm³/mol. The summed E-state index contributed by atoms with van der Waals surface area (Å²) in [6.45, 7) is 6.61. The van der Waals surface area contributed by atoms with Crippen LogP contribution in [0.5, 0.6) is 0 Å². The van der Waals surface area contributed by atoms with Crippen LogP contribution in [0.2, 0.25) is 0 Å². The highest BCUT2D eigenvalue weighted by molar-refractivity contribution is 5.86. The molecule has 31 heavy (non-hydrogen) atoms. The van der Waals surface area contributed by atoms with Crippen molar-refractivity contribution in [3.8, 4) is 0 Å². The van der Waals surface area contributed by atoms with E-state index in [0.717, 1.165) is 44.6 Å². The zero-order chi connectivity index (χ0) is 21.1. The maximum atomic E-state index is 12.9. The van der Waals surface area contributed by atoms with Crippen LogP contribution in [0.4, 0.5) is 5.82 Å². The molecule has 4 heterocycles. The molecular weight excluding hydrogens is 382 g/mol. The Morgan fingerprint density at radius 2 is 1.84 bits per heavy atom. The van der Waals surface area contributed by atoms with Gasteiger partial charge in [-0.05, 0) is 98.6 Å². The molecule has 2 aromatic rings. The first-order chi connectivity index (χ1) is 15.1. The quantitative estimate of drug-likeness (QED) is 0.702. The predicted octanol–water partition coefficient (Wildman–Crippen LogP) is 5.04. The van der Waals surface area contributed by atoms with Crippen LogP contribution in [0.25, 0.3) is 10.9 Å². The Hall–Kier alpha value is -2.10. The number of aromatic nitrogens is 1. The van der Waals surface area contributed by atoms with Crippen molar-refractivity contribution in [2.75, 3.05) is 18.0 Å². The maximum Gasteiger partial charge on any atom is 0.223 e. The molecule has 0 radical (unpaired) electrons. The molecule has 3 aliphatic heterocycles. The summed E-state index contributed by atoms with van der Waals surface area (Å²) in [4.78, 5) is 23.0. The fourth-order valence-electron chi connectivity index (χ4n) is 7.24. The number of piperidine rings is 3. The van der Waals surface area contributed by atoms with Crippen molar-refractivity contribution in [1.82, 2.24) is 9.88 Å². The first kappa shape index (κ1) is 19.6. The summed E-state index contributed by atoms with van der Waals surface area (Å²) < 4.78 is 0. The van der Waals surface area contributed by atoms with Gasteiger partial charge < -0.3 is 9.80 Å². The minimum absolute atomic E-state index is 0.423. The lowest BCUT2D eigenvalue weighted by atomic mass is 9.71. The van der Waals surface area contributed by atoms with Crippen LogP contribution in [0.15, 0.2) is 18.2 Å². The Balaban J connectivity index is 1.35. The number of anilines is 1. The molecule has 4 heteroatoms. The third-order valence-corrected chi connectivity index (χ3v) is 8.62. The van der Waals surface area contributed by atoms with Gasteiger partial charge in [-0.15, -0.1) is 0 Å². The van der Waals surface area contributed by atoms with Gasteiger partial charge in [0.1, 0.15) is 5.82 Å². The van der Waals surface area contributed by atoms with Crippen LogP contribution in [0.1, 0.15) is 68.6 Å². The number of carbonyl (C=O) groups excluding carboxylic acids is 1. The Labute approximate surface area is 186 Å².